The second-order valence-electron chi connectivity index (χ2n) is 8.33. The lowest BCUT2D eigenvalue weighted by atomic mass is 9.97. The molecule has 33 heavy (non-hydrogen) atoms. The van der Waals surface area contributed by atoms with Crippen molar-refractivity contribution in [1.82, 2.24) is 9.88 Å². The summed E-state index contributed by atoms with van der Waals surface area (Å²) in [7, 11) is 0. The van der Waals surface area contributed by atoms with E-state index in [4.69, 9.17) is 4.98 Å². The zero-order valence-corrected chi connectivity index (χ0v) is 18.6. The number of benzene rings is 3. The van der Waals surface area contributed by atoms with Gasteiger partial charge in [0.25, 0.3) is 5.91 Å². The van der Waals surface area contributed by atoms with E-state index in [9.17, 15) is 9.59 Å². The molecule has 0 aliphatic carbocycles. The Balaban J connectivity index is 1.33. The van der Waals surface area contributed by atoms with Crippen molar-refractivity contribution in [2.75, 3.05) is 31.1 Å². The number of hydrogen-bond donors (Lipinski definition) is 0. The second-order valence-corrected chi connectivity index (χ2v) is 8.33. The first-order valence-corrected chi connectivity index (χ1v) is 11.2. The lowest BCUT2D eigenvalue weighted by molar-refractivity contribution is 0.0742. The number of para-hydroxylation sites is 1. The third-order valence-electron chi connectivity index (χ3n) is 6.24. The summed E-state index contributed by atoms with van der Waals surface area (Å²) in [5.74, 6) is 0.712. The Bertz CT molecular complexity index is 1330. The highest BCUT2D eigenvalue weighted by molar-refractivity contribution is 6.15. The van der Waals surface area contributed by atoms with Gasteiger partial charge in [-0.2, -0.15) is 0 Å². The van der Waals surface area contributed by atoms with Crippen molar-refractivity contribution in [1.29, 1.82) is 0 Å². The molecule has 1 aliphatic rings. The maximum absolute atomic E-state index is 13.4. The first-order valence-electron chi connectivity index (χ1n) is 11.2. The van der Waals surface area contributed by atoms with Crippen LogP contribution < -0.4 is 4.90 Å². The number of fused-ring (bicyclic) bond motifs is 1. The first-order chi connectivity index (χ1) is 16.1. The monoisotopic (exact) mass is 435 g/mol. The Hall–Kier alpha value is -3.99. The van der Waals surface area contributed by atoms with E-state index in [1.165, 1.54) is 5.56 Å². The molecular formula is C28H25N3O2. The Labute approximate surface area is 193 Å². The largest absolute Gasteiger partial charge is 0.353 e. The highest BCUT2D eigenvalue weighted by atomic mass is 16.2. The van der Waals surface area contributed by atoms with Gasteiger partial charge in [0, 0.05) is 42.7 Å². The quantitative estimate of drug-likeness (QED) is 0.435. The Kier molecular flexibility index (Phi) is 5.61. The van der Waals surface area contributed by atoms with Crippen molar-refractivity contribution in [2.45, 2.75) is 6.92 Å². The van der Waals surface area contributed by atoms with Crippen molar-refractivity contribution in [3.63, 3.8) is 0 Å². The molecule has 0 spiro atoms. The van der Waals surface area contributed by atoms with Gasteiger partial charge in [-0.3, -0.25) is 9.59 Å². The Morgan fingerprint density at radius 1 is 0.758 bits per heavy atom. The van der Waals surface area contributed by atoms with Crippen LogP contribution in [0.25, 0.3) is 10.9 Å². The zero-order chi connectivity index (χ0) is 22.8. The molecule has 5 rings (SSSR count). The molecule has 1 saturated heterocycles. The van der Waals surface area contributed by atoms with Crippen molar-refractivity contribution >= 4 is 28.4 Å². The van der Waals surface area contributed by atoms with E-state index in [1.807, 2.05) is 47.4 Å². The molecule has 5 nitrogen and oxygen atoms in total. The van der Waals surface area contributed by atoms with Crippen LogP contribution >= 0.6 is 0 Å². The molecular weight excluding hydrogens is 410 g/mol. The van der Waals surface area contributed by atoms with Crippen LogP contribution in [0.5, 0.6) is 0 Å². The number of carbonyl (C=O) groups is 2. The number of nitrogens with zero attached hydrogens (tertiary/aromatic N) is 3. The van der Waals surface area contributed by atoms with Gasteiger partial charge >= 0.3 is 0 Å². The fourth-order valence-corrected chi connectivity index (χ4v) is 4.42. The molecule has 0 atom stereocenters. The summed E-state index contributed by atoms with van der Waals surface area (Å²) in [6.07, 6.45) is 0. The van der Waals surface area contributed by atoms with E-state index in [2.05, 4.69) is 24.0 Å². The molecule has 4 aromatic rings. The molecule has 5 heteroatoms. The van der Waals surface area contributed by atoms with E-state index in [-0.39, 0.29) is 11.7 Å². The maximum atomic E-state index is 13.4. The third kappa shape index (κ3) is 4.10. The van der Waals surface area contributed by atoms with Crippen LogP contribution in [-0.2, 0) is 0 Å². The molecule has 1 aliphatic heterocycles. The first kappa shape index (κ1) is 20.9. The highest BCUT2D eigenvalue weighted by Gasteiger charge is 2.26. The van der Waals surface area contributed by atoms with E-state index >= 15 is 0 Å². The molecule has 0 saturated carbocycles. The Morgan fingerprint density at radius 2 is 1.39 bits per heavy atom. The van der Waals surface area contributed by atoms with Crippen LogP contribution in [0.4, 0.5) is 5.82 Å². The number of carbonyl (C=O) groups excluding carboxylic acids is 2. The molecule has 2 heterocycles. The number of aromatic nitrogens is 1. The van der Waals surface area contributed by atoms with Crippen molar-refractivity contribution in [2.24, 2.45) is 0 Å². The molecule has 0 bridgehead atoms. The molecule has 1 amide bonds. The number of pyridine rings is 1. The van der Waals surface area contributed by atoms with E-state index in [0.717, 1.165) is 16.7 Å². The predicted octanol–water partition coefficient (Wildman–Crippen LogP) is 4.74. The van der Waals surface area contributed by atoms with Gasteiger partial charge in [-0.1, -0.05) is 66.7 Å². The number of piperazine rings is 1. The van der Waals surface area contributed by atoms with Crippen LogP contribution in [0.1, 0.15) is 31.8 Å². The van der Waals surface area contributed by atoms with Crippen LogP contribution in [0.2, 0.25) is 0 Å². The number of anilines is 1. The summed E-state index contributed by atoms with van der Waals surface area (Å²) in [5.41, 5.74) is 3.67. The average Bonchev–Trinajstić information content (AvgIpc) is 2.88. The minimum atomic E-state index is -0.131. The minimum absolute atomic E-state index is 0.0998. The van der Waals surface area contributed by atoms with E-state index in [0.29, 0.717) is 42.9 Å². The summed E-state index contributed by atoms with van der Waals surface area (Å²) in [4.78, 5) is 35.3. The Morgan fingerprint density at radius 3 is 2.15 bits per heavy atom. The van der Waals surface area contributed by atoms with Gasteiger partial charge in [0.2, 0.25) is 0 Å². The number of ketones is 1. The van der Waals surface area contributed by atoms with Crippen molar-refractivity contribution < 1.29 is 9.59 Å². The normalized spacial score (nSPS) is 13.8. The van der Waals surface area contributed by atoms with Crippen molar-refractivity contribution in [3.8, 4) is 0 Å². The summed E-state index contributed by atoms with van der Waals surface area (Å²) in [6.45, 7) is 4.67. The topological polar surface area (TPSA) is 53.5 Å². The second kappa shape index (κ2) is 8.87. The smallest absolute Gasteiger partial charge is 0.254 e. The fraction of sp³-hybridized carbons (Fsp3) is 0.179. The van der Waals surface area contributed by atoms with Gasteiger partial charge in [-0.15, -0.1) is 0 Å². The van der Waals surface area contributed by atoms with Crippen LogP contribution in [0.15, 0.2) is 84.9 Å². The van der Waals surface area contributed by atoms with Gasteiger partial charge in [0.05, 0.1) is 11.1 Å². The van der Waals surface area contributed by atoms with Crippen LogP contribution in [-0.4, -0.2) is 47.8 Å². The van der Waals surface area contributed by atoms with Crippen molar-refractivity contribution in [3.05, 3.63) is 107 Å². The maximum Gasteiger partial charge on any atom is 0.254 e. The molecule has 164 valence electrons. The number of amides is 1. The standard InChI is InChI=1S/C28H25N3O2/c1-20-19-26(29-25-14-8-7-11-22(20)25)30-15-17-31(18-16-30)28(33)24-13-6-5-12-23(24)27(32)21-9-3-2-4-10-21/h2-14,19H,15-18H2,1H3. The highest BCUT2D eigenvalue weighted by Crippen LogP contribution is 2.24. The summed E-state index contributed by atoms with van der Waals surface area (Å²) in [6, 6.07) is 26.5. The fourth-order valence-electron chi connectivity index (χ4n) is 4.42. The number of aryl methyl sites for hydroxylation is 1. The third-order valence-corrected chi connectivity index (χ3v) is 6.24. The van der Waals surface area contributed by atoms with Gasteiger partial charge in [0.15, 0.2) is 5.78 Å². The van der Waals surface area contributed by atoms with Gasteiger partial charge in [0.1, 0.15) is 5.82 Å². The van der Waals surface area contributed by atoms with Gasteiger partial charge < -0.3 is 9.80 Å². The molecule has 0 unspecified atom stereocenters. The molecule has 3 aromatic carbocycles. The lowest BCUT2D eigenvalue weighted by Crippen LogP contribution is -2.49. The lowest BCUT2D eigenvalue weighted by Gasteiger charge is -2.36. The zero-order valence-electron chi connectivity index (χ0n) is 18.6. The molecule has 0 radical (unpaired) electrons. The average molecular weight is 436 g/mol. The van der Waals surface area contributed by atoms with Crippen LogP contribution in [0, 0.1) is 6.92 Å². The predicted molar refractivity (Wildman–Crippen MR) is 131 cm³/mol. The van der Waals surface area contributed by atoms with E-state index < -0.39 is 0 Å². The van der Waals surface area contributed by atoms with Crippen LogP contribution in [0.3, 0.4) is 0 Å². The summed E-state index contributed by atoms with van der Waals surface area (Å²) < 4.78 is 0. The molecule has 0 N–H and O–H groups in total. The van der Waals surface area contributed by atoms with E-state index in [1.54, 1.807) is 30.3 Å². The minimum Gasteiger partial charge on any atom is -0.353 e. The summed E-state index contributed by atoms with van der Waals surface area (Å²) in [5, 5.41) is 1.16. The van der Waals surface area contributed by atoms with Gasteiger partial charge in [-0.05, 0) is 30.7 Å². The molecule has 1 aromatic heterocycles. The SMILES string of the molecule is Cc1cc(N2CCN(C(=O)c3ccccc3C(=O)c3ccccc3)CC2)nc2ccccc12. The number of rotatable bonds is 4. The summed E-state index contributed by atoms with van der Waals surface area (Å²) >= 11 is 0. The number of hydrogen-bond acceptors (Lipinski definition) is 4. The van der Waals surface area contributed by atoms with Gasteiger partial charge in [-0.25, -0.2) is 4.98 Å². The molecule has 1 fully saturated rings.